The first-order valence-electron chi connectivity index (χ1n) is 9.53. The highest BCUT2D eigenvalue weighted by molar-refractivity contribution is 5.99. The van der Waals surface area contributed by atoms with E-state index < -0.39 is 0 Å². The fraction of sp³-hybridized carbons (Fsp3) is 0.261. The predicted molar refractivity (Wildman–Crippen MR) is 111 cm³/mol. The minimum Gasteiger partial charge on any atom is -0.497 e. The standard InChI is InChI=1S/C23H23N3O3/c1-14-22-19(26-23(24-14)25-18-6-4-5-7-21(18)29-3)12-16(13-20(22)27)15-8-10-17(28-2)11-9-15/h4-11,16H,12-13H2,1-3H3,(H,24,25,26)/t16-/m1/s1. The van der Waals surface area contributed by atoms with Crippen LogP contribution in [-0.2, 0) is 6.42 Å². The highest BCUT2D eigenvalue weighted by atomic mass is 16.5. The number of anilines is 2. The van der Waals surface area contributed by atoms with Gasteiger partial charge in [0.1, 0.15) is 11.5 Å². The maximum atomic E-state index is 12.8. The maximum absolute atomic E-state index is 12.8. The molecule has 4 rings (SSSR count). The lowest BCUT2D eigenvalue weighted by atomic mass is 9.81. The fourth-order valence-electron chi connectivity index (χ4n) is 3.81. The van der Waals surface area contributed by atoms with Gasteiger partial charge in [-0.05, 0) is 49.1 Å². The lowest BCUT2D eigenvalue weighted by molar-refractivity contribution is 0.0962. The first-order chi connectivity index (χ1) is 14.1. The summed E-state index contributed by atoms with van der Waals surface area (Å²) in [7, 11) is 3.27. The number of ketones is 1. The number of carbonyl (C=O) groups excluding carboxylic acids is 1. The quantitative estimate of drug-likeness (QED) is 0.695. The third kappa shape index (κ3) is 3.78. The van der Waals surface area contributed by atoms with Crippen molar-refractivity contribution in [1.82, 2.24) is 9.97 Å². The molecule has 0 amide bonds. The van der Waals surface area contributed by atoms with Gasteiger partial charge >= 0.3 is 0 Å². The summed E-state index contributed by atoms with van der Waals surface area (Å²) < 4.78 is 10.6. The number of benzene rings is 2. The molecule has 0 unspecified atom stereocenters. The number of hydrogen-bond donors (Lipinski definition) is 1. The Hall–Kier alpha value is -3.41. The number of aryl methyl sites for hydroxylation is 1. The van der Waals surface area contributed by atoms with Crippen LogP contribution in [0.2, 0.25) is 0 Å². The third-order valence-corrected chi connectivity index (χ3v) is 5.26. The van der Waals surface area contributed by atoms with Crippen LogP contribution < -0.4 is 14.8 Å². The summed E-state index contributed by atoms with van der Waals surface area (Å²) in [5, 5.41) is 3.22. The number of nitrogens with one attached hydrogen (secondary N) is 1. The number of hydrogen-bond acceptors (Lipinski definition) is 6. The summed E-state index contributed by atoms with van der Waals surface area (Å²) in [4.78, 5) is 22.0. The SMILES string of the molecule is COc1ccc([C@H]2CC(=O)c3c(C)nc(Nc4ccccc4OC)nc3C2)cc1. The fourth-order valence-corrected chi connectivity index (χ4v) is 3.81. The Bertz CT molecular complexity index is 1050. The zero-order valence-corrected chi connectivity index (χ0v) is 16.7. The molecule has 0 bridgehead atoms. The molecular formula is C23H23N3O3. The molecule has 148 valence electrons. The Morgan fingerprint density at radius 3 is 2.45 bits per heavy atom. The number of rotatable bonds is 5. The van der Waals surface area contributed by atoms with E-state index in [1.807, 2.05) is 55.5 Å². The Balaban J connectivity index is 1.65. The van der Waals surface area contributed by atoms with Crippen molar-refractivity contribution < 1.29 is 14.3 Å². The molecule has 1 aliphatic rings. The van der Waals surface area contributed by atoms with E-state index in [0.29, 0.717) is 35.8 Å². The molecule has 0 radical (unpaired) electrons. The first kappa shape index (κ1) is 18.9. The van der Waals surface area contributed by atoms with Crippen LogP contribution in [0.1, 0.15) is 39.6 Å². The van der Waals surface area contributed by atoms with E-state index in [1.165, 1.54) is 0 Å². The van der Waals surface area contributed by atoms with E-state index in [2.05, 4.69) is 15.3 Å². The summed E-state index contributed by atoms with van der Waals surface area (Å²) in [6, 6.07) is 15.5. The number of ether oxygens (including phenoxy) is 2. The monoisotopic (exact) mass is 389 g/mol. The molecule has 3 aromatic rings. The zero-order chi connectivity index (χ0) is 20.4. The average Bonchev–Trinajstić information content (AvgIpc) is 2.73. The van der Waals surface area contributed by atoms with Crippen molar-refractivity contribution >= 4 is 17.4 Å². The average molecular weight is 389 g/mol. The second kappa shape index (κ2) is 7.91. The number of para-hydroxylation sites is 2. The van der Waals surface area contributed by atoms with E-state index in [9.17, 15) is 4.79 Å². The molecule has 1 atom stereocenters. The van der Waals surface area contributed by atoms with Crippen molar-refractivity contribution in [1.29, 1.82) is 0 Å². The van der Waals surface area contributed by atoms with Gasteiger partial charge in [-0.15, -0.1) is 0 Å². The largest absolute Gasteiger partial charge is 0.497 e. The molecule has 29 heavy (non-hydrogen) atoms. The molecule has 6 heteroatoms. The Labute approximate surface area is 169 Å². The van der Waals surface area contributed by atoms with Gasteiger partial charge in [0.15, 0.2) is 5.78 Å². The van der Waals surface area contributed by atoms with Gasteiger partial charge in [0, 0.05) is 6.42 Å². The second-order valence-electron chi connectivity index (χ2n) is 7.08. The van der Waals surface area contributed by atoms with E-state index in [0.717, 1.165) is 22.7 Å². The lowest BCUT2D eigenvalue weighted by Gasteiger charge is -2.25. The van der Waals surface area contributed by atoms with Crippen molar-refractivity contribution in [3.8, 4) is 11.5 Å². The Kier molecular flexibility index (Phi) is 5.16. The first-order valence-corrected chi connectivity index (χ1v) is 9.53. The van der Waals surface area contributed by atoms with E-state index in [4.69, 9.17) is 9.47 Å². The molecule has 2 aromatic carbocycles. The van der Waals surface area contributed by atoms with Crippen LogP contribution in [0.25, 0.3) is 0 Å². The van der Waals surface area contributed by atoms with E-state index in [-0.39, 0.29) is 11.7 Å². The molecular weight excluding hydrogens is 366 g/mol. The molecule has 1 heterocycles. The van der Waals surface area contributed by atoms with Gasteiger partial charge < -0.3 is 14.8 Å². The summed E-state index contributed by atoms with van der Waals surface area (Å²) >= 11 is 0. The summed E-state index contributed by atoms with van der Waals surface area (Å²) in [5.41, 5.74) is 4.03. The molecule has 0 saturated carbocycles. The zero-order valence-electron chi connectivity index (χ0n) is 16.7. The lowest BCUT2D eigenvalue weighted by Crippen LogP contribution is -2.22. The number of aromatic nitrogens is 2. The van der Waals surface area contributed by atoms with Crippen molar-refractivity contribution in [3.05, 3.63) is 71.0 Å². The van der Waals surface area contributed by atoms with E-state index >= 15 is 0 Å². The topological polar surface area (TPSA) is 73.3 Å². The van der Waals surface area contributed by atoms with Gasteiger partial charge in [-0.25, -0.2) is 9.97 Å². The van der Waals surface area contributed by atoms with Gasteiger partial charge in [0.05, 0.1) is 36.9 Å². The highest BCUT2D eigenvalue weighted by Gasteiger charge is 2.30. The van der Waals surface area contributed by atoms with Gasteiger partial charge in [0.2, 0.25) is 5.95 Å². The molecule has 0 spiro atoms. The van der Waals surface area contributed by atoms with Crippen LogP contribution in [0.4, 0.5) is 11.6 Å². The van der Waals surface area contributed by atoms with Gasteiger partial charge in [-0.1, -0.05) is 24.3 Å². The molecule has 1 aromatic heterocycles. The number of Topliss-reactive ketones (excluding diaryl/α,β-unsaturated/α-hetero) is 1. The van der Waals surface area contributed by atoms with Gasteiger partial charge in [-0.2, -0.15) is 0 Å². The number of fused-ring (bicyclic) bond motifs is 1. The number of nitrogens with zero attached hydrogens (tertiary/aromatic N) is 2. The van der Waals surface area contributed by atoms with Crippen molar-refractivity contribution in [2.75, 3.05) is 19.5 Å². The minimum atomic E-state index is 0.0911. The van der Waals surface area contributed by atoms with Gasteiger partial charge in [0.25, 0.3) is 0 Å². The predicted octanol–water partition coefficient (Wildman–Crippen LogP) is 4.46. The Morgan fingerprint density at radius 1 is 0.966 bits per heavy atom. The molecule has 0 aliphatic heterocycles. The molecule has 0 saturated heterocycles. The molecule has 6 nitrogen and oxygen atoms in total. The minimum absolute atomic E-state index is 0.0911. The third-order valence-electron chi connectivity index (χ3n) is 5.26. The van der Waals surface area contributed by atoms with Crippen LogP contribution in [0, 0.1) is 6.92 Å². The Morgan fingerprint density at radius 2 is 1.72 bits per heavy atom. The second-order valence-corrected chi connectivity index (χ2v) is 7.08. The van der Waals surface area contributed by atoms with Crippen LogP contribution >= 0.6 is 0 Å². The van der Waals surface area contributed by atoms with Crippen LogP contribution in [0.5, 0.6) is 11.5 Å². The normalized spacial score (nSPS) is 15.6. The summed E-state index contributed by atoms with van der Waals surface area (Å²) in [6.45, 7) is 1.86. The summed E-state index contributed by atoms with van der Waals surface area (Å²) in [5.74, 6) is 2.16. The maximum Gasteiger partial charge on any atom is 0.227 e. The number of carbonyl (C=O) groups is 1. The van der Waals surface area contributed by atoms with Crippen LogP contribution in [0.15, 0.2) is 48.5 Å². The molecule has 0 fully saturated rings. The van der Waals surface area contributed by atoms with Gasteiger partial charge in [-0.3, -0.25) is 4.79 Å². The molecule has 1 N–H and O–H groups in total. The highest BCUT2D eigenvalue weighted by Crippen LogP contribution is 2.34. The summed E-state index contributed by atoms with van der Waals surface area (Å²) in [6.07, 6.45) is 1.15. The van der Waals surface area contributed by atoms with Crippen molar-refractivity contribution in [2.45, 2.75) is 25.7 Å². The van der Waals surface area contributed by atoms with Crippen LogP contribution in [-0.4, -0.2) is 30.0 Å². The smallest absolute Gasteiger partial charge is 0.227 e. The van der Waals surface area contributed by atoms with E-state index in [1.54, 1.807) is 14.2 Å². The number of methoxy groups -OCH3 is 2. The van der Waals surface area contributed by atoms with Crippen LogP contribution in [0.3, 0.4) is 0 Å². The van der Waals surface area contributed by atoms with Crippen molar-refractivity contribution in [3.63, 3.8) is 0 Å². The van der Waals surface area contributed by atoms with Crippen molar-refractivity contribution in [2.24, 2.45) is 0 Å². The molecule has 1 aliphatic carbocycles.